The van der Waals surface area contributed by atoms with Crippen molar-refractivity contribution in [1.29, 1.82) is 0 Å². The molecule has 1 heterocycles. The van der Waals surface area contributed by atoms with Crippen LogP contribution in [0.5, 0.6) is 11.5 Å². The molecule has 0 saturated heterocycles. The third-order valence-corrected chi connectivity index (χ3v) is 3.52. The van der Waals surface area contributed by atoms with Crippen molar-refractivity contribution >= 4 is 11.9 Å². The highest BCUT2D eigenvalue weighted by Gasteiger charge is 2.20. The molecule has 0 aliphatic heterocycles. The van der Waals surface area contributed by atoms with E-state index in [1.807, 2.05) is 0 Å². The van der Waals surface area contributed by atoms with Crippen molar-refractivity contribution in [2.45, 2.75) is 19.9 Å². The summed E-state index contributed by atoms with van der Waals surface area (Å²) in [5.41, 5.74) is 1.58. The molecule has 0 aliphatic carbocycles. The van der Waals surface area contributed by atoms with Gasteiger partial charge in [-0.3, -0.25) is 9.59 Å². The van der Waals surface area contributed by atoms with Gasteiger partial charge in [0.25, 0.3) is 5.91 Å². The summed E-state index contributed by atoms with van der Waals surface area (Å²) in [5, 5.41) is 11.6. The minimum atomic E-state index is -1.06. The molecule has 2 aromatic rings. The van der Waals surface area contributed by atoms with Crippen LogP contribution in [0.2, 0.25) is 0 Å². The summed E-state index contributed by atoms with van der Waals surface area (Å²) in [7, 11) is 3.09. The Kier molecular flexibility index (Phi) is 5.47. The predicted octanol–water partition coefficient (Wildman–Crippen LogP) is 2.16. The molecule has 2 N–H and O–H groups in total. The average molecular weight is 333 g/mol. The Morgan fingerprint density at radius 2 is 2.00 bits per heavy atom. The van der Waals surface area contributed by atoms with E-state index in [2.05, 4.69) is 5.32 Å². The second-order valence-corrected chi connectivity index (χ2v) is 5.15. The third-order valence-electron chi connectivity index (χ3n) is 3.52. The first-order valence-corrected chi connectivity index (χ1v) is 7.24. The van der Waals surface area contributed by atoms with Gasteiger partial charge in [0, 0.05) is 17.7 Å². The SMILES string of the molecule is COc1ccc(OC)c(CNC(=O)c2c(C)coc2CC(=O)O)c1. The van der Waals surface area contributed by atoms with E-state index in [1.54, 1.807) is 32.2 Å². The van der Waals surface area contributed by atoms with Crippen LogP contribution in [-0.2, 0) is 17.8 Å². The Hall–Kier alpha value is -2.96. The number of amides is 1. The number of methoxy groups -OCH3 is 2. The highest BCUT2D eigenvalue weighted by Crippen LogP contribution is 2.24. The number of aliphatic carboxylic acids is 1. The molecule has 0 bridgehead atoms. The number of carboxylic acid groups (broad SMARTS) is 1. The van der Waals surface area contributed by atoms with E-state index in [-0.39, 0.29) is 24.3 Å². The van der Waals surface area contributed by atoms with Crippen molar-refractivity contribution in [1.82, 2.24) is 5.32 Å². The number of aryl methyl sites for hydroxylation is 1. The number of nitrogens with one attached hydrogen (secondary N) is 1. The number of carbonyl (C=O) groups is 2. The Balaban J connectivity index is 2.17. The molecule has 0 aliphatic rings. The van der Waals surface area contributed by atoms with Crippen LogP contribution in [0.4, 0.5) is 0 Å². The Labute approximate surface area is 139 Å². The van der Waals surface area contributed by atoms with Crippen molar-refractivity contribution < 1.29 is 28.6 Å². The molecule has 128 valence electrons. The molecule has 0 saturated carbocycles. The molecular weight excluding hydrogens is 314 g/mol. The van der Waals surface area contributed by atoms with E-state index in [0.717, 1.165) is 5.56 Å². The molecule has 24 heavy (non-hydrogen) atoms. The van der Waals surface area contributed by atoms with Crippen LogP contribution in [0, 0.1) is 6.92 Å². The molecule has 0 radical (unpaired) electrons. The summed E-state index contributed by atoms with van der Waals surface area (Å²) < 4.78 is 15.6. The maximum Gasteiger partial charge on any atom is 0.311 e. The van der Waals surface area contributed by atoms with Crippen LogP contribution < -0.4 is 14.8 Å². The van der Waals surface area contributed by atoms with Gasteiger partial charge in [0.1, 0.15) is 23.7 Å². The summed E-state index contributed by atoms with van der Waals surface area (Å²) in [6, 6.07) is 5.27. The second kappa shape index (κ2) is 7.54. The number of carbonyl (C=O) groups excluding carboxylic acids is 1. The number of hydrogen-bond acceptors (Lipinski definition) is 5. The maximum atomic E-state index is 12.4. The first-order chi connectivity index (χ1) is 11.5. The van der Waals surface area contributed by atoms with E-state index < -0.39 is 11.9 Å². The molecule has 0 unspecified atom stereocenters. The van der Waals surface area contributed by atoms with Crippen LogP contribution in [-0.4, -0.2) is 31.2 Å². The monoisotopic (exact) mass is 333 g/mol. The van der Waals surface area contributed by atoms with E-state index >= 15 is 0 Å². The fourth-order valence-electron chi connectivity index (χ4n) is 2.35. The Morgan fingerprint density at radius 1 is 1.25 bits per heavy atom. The van der Waals surface area contributed by atoms with Gasteiger partial charge in [0.05, 0.1) is 26.0 Å². The first kappa shape index (κ1) is 17.4. The van der Waals surface area contributed by atoms with Gasteiger partial charge in [-0.15, -0.1) is 0 Å². The van der Waals surface area contributed by atoms with Gasteiger partial charge in [-0.05, 0) is 25.1 Å². The molecule has 7 nitrogen and oxygen atoms in total. The summed E-state index contributed by atoms with van der Waals surface area (Å²) in [6.07, 6.45) is 1.03. The Morgan fingerprint density at radius 3 is 2.62 bits per heavy atom. The van der Waals surface area contributed by atoms with Crippen molar-refractivity contribution in [3.8, 4) is 11.5 Å². The predicted molar refractivity (Wildman–Crippen MR) is 85.5 cm³/mol. The third kappa shape index (κ3) is 3.87. The highest BCUT2D eigenvalue weighted by atomic mass is 16.5. The lowest BCUT2D eigenvalue weighted by atomic mass is 10.1. The minimum Gasteiger partial charge on any atom is -0.497 e. The van der Waals surface area contributed by atoms with Crippen LogP contribution >= 0.6 is 0 Å². The van der Waals surface area contributed by atoms with E-state index in [9.17, 15) is 9.59 Å². The van der Waals surface area contributed by atoms with Crippen LogP contribution in [0.3, 0.4) is 0 Å². The standard InChI is InChI=1S/C17H19NO6/c1-10-9-24-14(7-15(19)20)16(10)17(21)18-8-11-6-12(22-2)4-5-13(11)23-3/h4-6,9H,7-8H2,1-3H3,(H,18,21)(H,19,20). The number of hydrogen-bond donors (Lipinski definition) is 2. The quantitative estimate of drug-likeness (QED) is 0.806. The van der Waals surface area contributed by atoms with Gasteiger partial charge < -0.3 is 24.3 Å². The van der Waals surface area contributed by atoms with Gasteiger partial charge >= 0.3 is 5.97 Å². The van der Waals surface area contributed by atoms with Gasteiger partial charge in [-0.1, -0.05) is 0 Å². The molecule has 0 fully saturated rings. The lowest BCUT2D eigenvalue weighted by molar-refractivity contribution is -0.136. The van der Waals surface area contributed by atoms with Crippen LogP contribution in [0.1, 0.15) is 27.2 Å². The van der Waals surface area contributed by atoms with E-state index in [0.29, 0.717) is 17.1 Å². The number of rotatable bonds is 7. The lowest BCUT2D eigenvalue weighted by Crippen LogP contribution is -2.24. The molecule has 0 spiro atoms. The summed E-state index contributed by atoms with van der Waals surface area (Å²) >= 11 is 0. The number of benzene rings is 1. The first-order valence-electron chi connectivity index (χ1n) is 7.24. The largest absolute Gasteiger partial charge is 0.497 e. The van der Waals surface area contributed by atoms with Gasteiger partial charge in [0.15, 0.2) is 0 Å². The highest BCUT2D eigenvalue weighted by molar-refractivity contribution is 5.97. The topological polar surface area (TPSA) is 98.0 Å². The van der Waals surface area contributed by atoms with Gasteiger partial charge in [-0.25, -0.2) is 0 Å². The van der Waals surface area contributed by atoms with Crippen LogP contribution in [0.15, 0.2) is 28.9 Å². The zero-order valence-electron chi connectivity index (χ0n) is 13.7. The number of ether oxygens (including phenoxy) is 2. The fourth-order valence-corrected chi connectivity index (χ4v) is 2.35. The molecular formula is C17H19NO6. The van der Waals surface area contributed by atoms with Crippen molar-refractivity contribution in [3.05, 3.63) is 46.9 Å². The fraction of sp³-hybridized carbons (Fsp3) is 0.294. The normalized spacial score (nSPS) is 10.3. The van der Waals surface area contributed by atoms with Crippen molar-refractivity contribution in [2.24, 2.45) is 0 Å². The molecule has 1 amide bonds. The van der Waals surface area contributed by atoms with E-state index in [4.69, 9.17) is 19.0 Å². The molecule has 1 aromatic heterocycles. The summed E-state index contributed by atoms with van der Waals surface area (Å²) in [6.45, 7) is 1.90. The maximum absolute atomic E-state index is 12.4. The minimum absolute atomic E-state index is 0.134. The van der Waals surface area contributed by atoms with Crippen LogP contribution in [0.25, 0.3) is 0 Å². The summed E-state index contributed by atoms with van der Waals surface area (Å²) in [5.74, 6) is -0.0674. The van der Waals surface area contributed by atoms with Crippen molar-refractivity contribution in [2.75, 3.05) is 14.2 Å². The van der Waals surface area contributed by atoms with Gasteiger partial charge in [0.2, 0.25) is 0 Å². The number of furan rings is 1. The Bertz CT molecular complexity index is 750. The zero-order valence-corrected chi connectivity index (χ0v) is 13.7. The molecule has 0 atom stereocenters. The lowest BCUT2D eigenvalue weighted by Gasteiger charge is -2.11. The zero-order chi connectivity index (χ0) is 17.7. The average Bonchev–Trinajstić information content (AvgIpc) is 2.92. The summed E-state index contributed by atoms with van der Waals surface area (Å²) in [4.78, 5) is 23.3. The van der Waals surface area contributed by atoms with Crippen molar-refractivity contribution in [3.63, 3.8) is 0 Å². The second-order valence-electron chi connectivity index (χ2n) is 5.15. The molecule has 7 heteroatoms. The smallest absolute Gasteiger partial charge is 0.311 e. The molecule has 1 aromatic carbocycles. The van der Waals surface area contributed by atoms with E-state index in [1.165, 1.54) is 13.4 Å². The molecule has 2 rings (SSSR count). The van der Waals surface area contributed by atoms with Gasteiger partial charge in [-0.2, -0.15) is 0 Å². The number of carboxylic acids is 1.